The Kier molecular flexibility index (Phi) is 4.07. The molecule has 21 heavy (non-hydrogen) atoms. The first-order valence-electron chi connectivity index (χ1n) is 5.73. The molecule has 2 aromatic rings. The predicted octanol–water partition coefficient (Wildman–Crippen LogP) is 1.84. The summed E-state index contributed by atoms with van der Waals surface area (Å²) >= 11 is 0. The van der Waals surface area contributed by atoms with Crippen LogP contribution in [0.15, 0.2) is 30.3 Å². The van der Waals surface area contributed by atoms with E-state index in [0.717, 1.165) is 12.1 Å². The van der Waals surface area contributed by atoms with Crippen molar-refractivity contribution < 1.29 is 23.8 Å². The molecule has 0 unspecified atom stereocenters. The number of nitrogens with zero attached hydrogens (tertiary/aromatic N) is 2. The van der Waals surface area contributed by atoms with Crippen molar-refractivity contribution >= 4 is 23.4 Å². The number of nitrogens with one attached hydrogen (secondary N) is 1. The fourth-order valence-electron chi connectivity index (χ4n) is 1.53. The number of carboxylic acid groups (broad SMARTS) is 1. The molecule has 0 aliphatic heterocycles. The molecule has 7 nitrogen and oxygen atoms in total. The second-order valence-corrected chi connectivity index (χ2v) is 3.92. The summed E-state index contributed by atoms with van der Waals surface area (Å²) in [6.45, 7) is 0. The zero-order valence-corrected chi connectivity index (χ0v) is 10.8. The lowest BCUT2D eigenvalue weighted by Gasteiger charge is -2.06. The summed E-state index contributed by atoms with van der Waals surface area (Å²) in [5, 5.41) is 18.8. The maximum absolute atomic E-state index is 13.5. The Morgan fingerprint density at radius 2 is 2.00 bits per heavy atom. The molecule has 2 N–H and O–H groups in total. The summed E-state index contributed by atoms with van der Waals surface area (Å²) in [7, 11) is 1.23. The molecule has 1 aromatic heterocycles. The Bertz CT molecular complexity index is 688. The molecule has 0 aliphatic carbocycles. The lowest BCUT2D eigenvalue weighted by atomic mass is 10.2. The lowest BCUT2D eigenvalue weighted by Crippen LogP contribution is -2.06. The van der Waals surface area contributed by atoms with Crippen LogP contribution in [-0.2, 0) is 4.74 Å². The van der Waals surface area contributed by atoms with Gasteiger partial charge in [0.25, 0.3) is 0 Å². The summed E-state index contributed by atoms with van der Waals surface area (Å²) in [5.41, 5.74) is -0.0826. The van der Waals surface area contributed by atoms with Gasteiger partial charge < -0.3 is 15.2 Å². The quantitative estimate of drug-likeness (QED) is 0.829. The number of carbonyl (C=O) groups is 2. The summed E-state index contributed by atoms with van der Waals surface area (Å²) < 4.78 is 18.0. The Labute approximate surface area is 118 Å². The van der Waals surface area contributed by atoms with Crippen LogP contribution in [0, 0.1) is 5.82 Å². The highest BCUT2D eigenvalue weighted by molar-refractivity contribution is 5.88. The number of halogens is 1. The summed E-state index contributed by atoms with van der Waals surface area (Å²) in [6, 6.07) is 6.41. The molecule has 108 valence electrons. The molecule has 0 bridgehead atoms. The minimum absolute atomic E-state index is 0.0375. The lowest BCUT2D eigenvalue weighted by molar-refractivity contribution is 0.0592. The number of aromatic nitrogens is 2. The Hall–Kier alpha value is -3.03. The SMILES string of the molecule is COC(=O)c1ccc(Nc2ccc(C(=O)O)c(F)c2)nn1. The Balaban J connectivity index is 2.17. The van der Waals surface area contributed by atoms with Gasteiger partial charge in [0.15, 0.2) is 11.5 Å². The molecule has 0 saturated carbocycles. The standard InChI is InChI=1S/C13H10FN3O4/c1-21-13(20)10-4-5-11(17-16-10)15-7-2-3-8(12(18)19)9(14)6-7/h2-6H,1H3,(H,15,17)(H,18,19). The van der Waals surface area contributed by atoms with E-state index in [4.69, 9.17) is 5.11 Å². The maximum atomic E-state index is 13.5. The van der Waals surface area contributed by atoms with Crippen molar-refractivity contribution in [1.82, 2.24) is 10.2 Å². The van der Waals surface area contributed by atoms with Crippen LogP contribution in [0.25, 0.3) is 0 Å². The number of aromatic carboxylic acids is 1. The van der Waals surface area contributed by atoms with Crippen LogP contribution < -0.4 is 5.32 Å². The molecule has 1 aromatic carbocycles. The van der Waals surface area contributed by atoms with Crippen molar-refractivity contribution in [2.75, 3.05) is 12.4 Å². The average molecular weight is 291 g/mol. The molecular formula is C13H10FN3O4. The van der Waals surface area contributed by atoms with Crippen LogP contribution in [0.3, 0.4) is 0 Å². The second-order valence-electron chi connectivity index (χ2n) is 3.92. The Morgan fingerprint density at radius 1 is 1.24 bits per heavy atom. The van der Waals surface area contributed by atoms with Crippen LogP contribution in [0.5, 0.6) is 0 Å². The van der Waals surface area contributed by atoms with Crippen molar-refractivity contribution in [3.8, 4) is 0 Å². The molecule has 2 rings (SSSR count). The third kappa shape index (κ3) is 3.30. The van der Waals surface area contributed by atoms with E-state index in [1.165, 1.54) is 25.3 Å². The van der Waals surface area contributed by atoms with Crippen LogP contribution >= 0.6 is 0 Å². The van der Waals surface area contributed by atoms with Gasteiger partial charge in [0, 0.05) is 5.69 Å². The summed E-state index contributed by atoms with van der Waals surface area (Å²) in [5.74, 6) is -2.57. The van der Waals surface area contributed by atoms with Gasteiger partial charge >= 0.3 is 11.9 Å². The number of methoxy groups -OCH3 is 1. The van der Waals surface area contributed by atoms with E-state index in [0.29, 0.717) is 5.69 Å². The van der Waals surface area contributed by atoms with E-state index in [-0.39, 0.29) is 11.5 Å². The largest absolute Gasteiger partial charge is 0.478 e. The van der Waals surface area contributed by atoms with Gasteiger partial charge in [-0.05, 0) is 30.3 Å². The van der Waals surface area contributed by atoms with E-state index in [2.05, 4.69) is 20.3 Å². The Morgan fingerprint density at radius 3 is 2.52 bits per heavy atom. The first-order valence-corrected chi connectivity index (χ1v) is 5.73. The number of rotatable bonds is 4. The van der Waals surface area contributed by atoms with Crippen LogP contribution in [0.2, 0.25) is 0 Å². The maximum Gasteiger partial charge on any atom is 0.358 e. The molecule has 8 heteroatoms. The minimum Gasteiger partial charge on any atom is -0.478 e. The van der Waals surface area contributed by atoms with E-state index >= 15 is 0 Å². The van der Waals surface area contributed by atoms with Gasteiger partial charge in [0.05, 0.1) is 12.7 Å². The fraction of sp³-hybridized carbons (Fsp3) is 0.0769. The predicted molar refractivity (Wildman–Crippen MR) is 70.0 cm³/mol. The van der Waals surface area contributed by atoms with Gasteiger partial charge in [0.1, 0.15) is 5.82 Å². The number of anilines is 2. The molecule has 0 fully saturated rings. The normalized spacial score (nSPS) is 10.0. The second kappa shape index (κ2) is 5.95. The smallest absolute Gasteiger partial charge is 0.358 e. The van der Waals surface area contributed by atoms with E-state index in [9.17, 15) is 14.0 Å². The molecule has 0 spiro atoms. The van der Waals surface area contributed by atoms with Gasteiger partial charge in [-0.15, -0.1) is 10.2 Å². The van der Waals surface area contributed by atoms with Gasteiger partial charge in [-0.1, -0.05) is 0 Å². The summed E-state index contributed by atoms with van der Waals surface area (Å²) in [6.07, 6.45) is 0. The van der Waals surface area contributed by atoms with Crippen molar-refractivity contribution in [3.63, 3.8) is 0 Å². The fourth-order valence-corrected chi connectivity index (χ4v) is 1.53. The van der Waals surface area contributed by atoms with Gasteiger partial charge in [0.2, 0.25) is 0 Å². The highest BCUT2D eigenvalue weighted by Crippen LogP contribution is 2.18. The molecule has 1 heterocycles. The third-order valence-corrected chi connectivity index (χ3v) is 2.53. The molecule has 0 amide bonds. The zero-order valence-electron chi connectivity index (χ0n) is 10.8. The topological polar surface area (TPSA) is 101 Å². The molecule has 0 atom stereocenters. The zero-order chi connectivity index (χ0) is 15.4. The van der Waals surface area contributed by atoms with Crippen molar-refractivity contribution in [3.05, 3.63) is 47.4 Å². The van der Waals surface area contributed by atoms with Crippen LogP contribution in [0.4, 0.5) is 15.9 Å². The first-order chi connectivity index (χ1) is 10.0. The van der Waals surface area contributed by atoms with Gasteiger partial charge in [-0.3, -0.25) is 0 Å². The average Bonchev–Trinajstić information content (AvgIpc) is 2.47. The number of esters is 1. The van der Waals surface area contributed by atoms with Gasteiger partial charge in [-0.2, -0.15) is 0 Å². The number of benzene rings is 1. The van der Waals surface area contributed by atoms with Crippen LogP contribution in [-0.4, -0.2) is 34.4 Å². The number of ether oxygens (including phenoxy) is 1. The van der Waals surface area contributed by atoms with E-state index < -0.39 is 23.3 Å². The van der Waals surface area contributed by atoms with Crippen molar-refractivity contribution in [1.29, 1.82) is 0 Å². The van der Waals surface area contributed by atoms with Crippen molar-refractivity contribution in [2.45, 2.75) is 0 Å². The van der Waals surface area contributed by atoms with Crippen molar-refractivity contribution in [2.24, 2.45) is 0 Å². The monoisotopic (exact) mass is 291 g/mol. The number of hydrogen-bond acceptors (Lipinski definition) is 6. The van der Waals surface area contributed by atoms with Gasteiger partial charge in [-0.25, -0.2) is 14.0 Å². The summed E-state index contributed by atoms with van der Waals surface area (Å²) in [4.78, 5) is 21.9. The highest BCUT2D eigenvalue weighted by atomic mass is 19.1. The van der Waals surface area contributed by atoms with E-state index in [1.54, 1.807) is 0 Å². The van der Waals surface area contributed by atoms with Crippen LogP contribution in [0.1, 0.15) is 20.8 Å². The van der Waals surface area contributed by atoms with E-state index in [1.807, 2.05) is 0 Å². The molecule has 0 radical (unpaired) electrons. The number of carbonyl (C=O) groups excluding carboxylic acids is 1. The number of carboxylic acids is 1. The first kappa shape index (κ1) is 14.4. The third-order valence-electron chi connectivity index (χ3n) is 2.53. The highest BCUT2D eigenvalue weighted by Gasteiger charge is 2.11. The molecular weight excluding hydrogens is 281 g/mol. The molecule has 0 saturated heterocycles. The number of hydrogen-bond donors (Lipinski definition) is 2. The molecule has 0 aliphatic rings. The minimum atomic E-state index is -1.35.